The lowest BCUT2D eigenvalue weighted by Crippen LogP contribution is -2.41. The minimum absolute atomic E-state index is 0.750. The van der Waals surface area contributed by atoms with E-state index in [0.29, 0.717) is 0 Å². The topological polar surface area (TPSA) is 12.0 Å². The summed E-state index contributed by atoms with van der Waals surface area (Å²) in [6.45, 7) is 7.20. The molecule has 88 valence electrons. The molecule has 0 bridgehead atoms. The molecule has 0 aromatic rings. The first-order valence-electron chi connectivity index (χ1n) is 6.89. The molecular formula is C14H27N. The molecule has 2 aliphatic carbocycles. The van der Waals surface area contributed by atoms with Crippen LogP contribution in [0.1, 0.15) is 59.3 Å². The van der Waals surface area contributed by atoms with Gasteiger partial charge in [-0.3, -0.25) is 0 Å². The molecule has 2 aliphatic rings. The first-order valence-corrected chi connectivity index (χ1v) is 6.89. The van der Waals surface area contributed by atoms with E-state index in [-0.39, 0.29) is 0 Å². The van der Waals surface area contributed by atoms with Crippen molar-refractivity contribution in [2.24, 2.45) is 17.8 Å². The highest BCUT2D eigenvalue weighted by Gasteiger charge is 2.27. The fraction of sp³-hybridized carbons (Fsp3) is 1.00. The highest BCUT2D eigenvalue weighted by molar-refractivity contribution is 4.84. The maximum Gasteiger partial charge on any atom is 0.00746 e. The van der Waals surface area contributed by atoms with Gasteiger partial charge in [-0.2, -0.15) is 0 Å². The molecule has 0 radical (unpaired) electrons. The minimum Gasteiger partial charge on any atom is -0.311 e. The van der Waals surface area contributed by atoms with Gasteiger partial charge in [0.25, 0.3) is 0 Å². The predicted molar refractivity (Wildman–Crippen MR) is 65.9 cm³/mol. The van der Waals surface area contributed by atoms with Crippen molar-refractivity contribution in [1.82, 2.24) is 5.32 Å². The molecular weight excluding hydrogens is 182 g/mol. The summed E-state index contributed by atoms with van der Waals surface area (Å²) >= 11 is 0. The van der Waals surface area contributed by atoms with Crippen LogP contribution in [0.15, 0.2) is 0 Å². The van der Waals surface area contributed by atoms with Crippen molar-refractivity contribution in [2.45, 2.75) is 71.4 Å². The van der Waals surface area contributed by atoms with Gasteiger partial charge >= 0.3 is 0 Å². The first-order chi connectivity index (χ1) is 7.13. The summed E-state index contributed by atoms with van der Waals surface area (Å²) in [5.41, 5.74) is 0. The Balaban J connectivity index is 1.72. The Morgan fingerprint density at radius 2 is 1.67 bits per heavy atom. The third-order valence-corrected chi connectivity index (χ3v) is 4.08. The third-order valence-electron chi connectivity index (χ3n) is 4.08. The Bertz CT molecular complexity index is 188. The Labute approximate surface area is 95.0 Å². The molecule has 0 saturated heterocycles. The van der Waals surface area contributed by atoms with Gasteiger partial charge in [0.2, 0.25) is 0 Å². The van der Waals surface area contributed by atoms with Crippen LogP contribution in [0.25, 0.3) is 0 Å². The van der Waals surface area contributed by atoms with E-state index < -0.39 is 0 Å². The van der Waals surface area contributed by atoms with Crippen molar-refractivity contribution >= 4 is 0 Å². The van der Waals surface area contributed by atoms with Crippen molar-refractivity contribution in [2.75, 3.05) is 0 Å². The quantitative estimate of drug-likeness (QED) is 0.746. The second-order valence-corrected chi connectivity index (χ2v) is 6.36. The van der Waals surface area contributed by atoms with E-state index in [2.05, 4.69) is 26.1 Å². The molecule has 0 aromatic carbocycles. The molecule has 0 aliphatic heterocycles. The number of hydrogen-bond donors (Lipinski definition) is 1. The van der Waals surface area contributed by atoms with Crippen molar-refractivity contribution in [3.05, 3.63) is 0 Å². The van der Waals surface area contributed by atoms with Crippen LogP contribution >= 0.6 is 0 Å². The average Bonchev–Trinajstić information content (AvgIpc) is 2.85. The summed E-state index contributed by atoms with van der Waals surface area (Å²) in [7, 11) is 0. The van der Waals surface area contributed by atoms with E-state index in [1.54, 1.807) is 0 Å². The second kappa shape index (κ2) is 4.86. The van der Waals surface area contributed by atoms with Crippen LogP contribution in [-0.2, 0) is 0 Å². The standard InChI is InChI=1S/C14H27N/c1-10-6-11(2)8-14(7-10)15-12(3)9-13-4-5-13/h10-15H,4-9H2,1-3H3. The summed E-state index contributed by atoms with van der Waals surface area (Å²) < 4.78 is 0. The molecule has 0 heterocycles. The fourth-order valence-corrected chi connectivity index (χ4v) is 3.41. The van der Waals surface area contributed by atoms with Crippen LogP contribution in [0.4, 0.5) is 0 Å². The summed E-state index contributed by atoms with van der Waals surface area (Å²) in [5.74, 6) is 2.92. The zero-order valence-electron chi connectivity index (χ0n) is 10.6. The lowest BCUT2D eigenvalue weighted by molar-refractivity contribution is 0.224. The average molecular weight is 209 g/mol. The largest absolute Gasteiger partial charge is 0.311 e. The van der Waals surface area contributed by atoms with E-state index in [1.807, 2.05) is 0 Å². The monoisotopic (exact) mass is 209 g/mol. The van der Waals surface area contributed by atoms with Gasteiger partial charge in [0.1, 0.15) is 0 Å². The van der Waals surface area contributed by atoms with Gasteiger partial charge in [0.15, 0.2) is 0 Å². The number of nitrogens with one attached hydrogen (secondary N) is 1. The van der Waals surface area contributed by atoms with Crippen molar-refractivity contribution in [3.8, 4) is 0 Å². The van der Waals surface area contributed by atoms with Crippen molar-refractivity contribution < 1.29 is 0 Å². The van der Waals surface area contributed by atoms with Gasteiger partial charge in [-0.15, -0.1) is 0 Å². The van der Waals surface area contributed by atoms with Crippen molar-refractivity contribution in [1.29, 1.82) is 0 Å². The molecule has 1 heteroatoms. The predicted octanol–water partition coefficient (Wildman–Crippen LogP) is 3.59. The summed E-state index contributed by atoms with van der Waals surface area (Å²) in [5, 5.41) is 3.85. The lowest BCUT2D eigenvalue weighted by Gasteiger charge is -2.34. The molecule has 15 heavy (non-hydrogen) atoms. The third kappa shape index (κ3) is 3.79. The van der Waals surface area contributed by atoms with Crippen LogP contribution in [-0.4, -0.2) is 12.1 Å². The summed E-state index contributed by atoms with van der Waals surface area (Å²) in [6.07, 6.45) is 8.64. The van der Waals surface area contributed by atoms with Crippen LogP contribution in [0.2, 0.25) is 0 Å². The molecule has 2 rings (SSSR count). The molecule has 0 aromatic heterocycles. The van der Waals surface area contributed by atoms with E-state index in [1.165, 1.54) is 38.5 Å². The lowest BCUT2D eigenvalue weighted by atomic mass is 9.80. The van der Waals surface area contributed by atoms with Gasteiger partial charge < -0.3 is 5.32 Å². The molecule has 0 amide bonds. The van der Waals surface area contributed by atoms with Crippen LogP contribution in [0.3, 0.4) is 0 Å². The number of rotatable bonds is 4. The zero-order valence-corrected chi connectivity index (χ0v) is 10.6. The highest BCUT2D eigenvalue weighted by atomic mass is 14.9. The van der Waals surface area contributed by atoms with Crippen LogP contribution in [0, 0.1) is 17.8 Å². The van der Waals surface area contributed by atoms with Gasteiger partial charge in [-0.05, 0) is 50.4 Å². The van der Waals surface area contributed by atoms with E-state index >= 15 is 0 Å². The molecule has 3 unspecified atom stereocenters. The normalized spacial score (nSPS) is 39.0. The van der Waals surface area contributed by atoms with Gasteiger partial charge in [-0.25, -0.2) is 0 Å². The Morgan fingerprint density at radius 1 is 1.07 bits per heavy atom. The molecule has 1 N–H and O–H groups in total. The fourth-order valence-electron chi connectivity index (χ4n) is 3.41. The smallest absolute Gasteiger partial charge is 0.00746 e. The first kappa shape index (κ1) is 11.4. The van der Waals surface area contributed by atoms with Crippen LogP contribution < -0.4 is 5.32 Å². The highest BCUT2D eigenvalue weighted by Crippen LogP contribution is 2.34. The van der Waals surface area contributed by atoms with Gasteiger partial charge in [0, 0.05) is 12.1 Å². The summed E-state index contributed by atoms with van der Waals surface area (Å²) in [6, 6.07) is 1.55. The maximum absolute atomic E-state index is 3.85. The molecule has 2 saturated carbocycles. The zero-order chi connectivity index (χ0) is 10.8. The summed E-state index contributed by atoms with van der Waals surface area (Å²) in [4.78, 5) is 0. The number of hydrogen-bond acceptors (Lipinski definition) is 1. The van der Waals surface area contributed by atoms with Gasteiger partial charge in [0.05, 0.1) is 0 Å². The maximum atomic E-state index is 3.85. The minimum atomic E-state index is 0.750. The molecule has 3 atom stereocenters. The Kier molecular flexibility index (Phi) is 3.71. The molecule has 0 spiro atoms. The Hall–Kier alpha value is -0.0400. The van der Waals surface area contributed by atoms with Crippen LogP contribution in [0.5, 0.6) is 0 Å². The SMILES string of the molecule is CC1CC(C)CC(NC(C)CC2CC2)C1. The second-order valence-electron chi connectivity index (χ2n) is 6.36. The van der Waals surface area contributed by atoms with E-state index in [4.69, 9.17) is 0 Å². The Morgan fingerprint density at radius 3 is 2.20 bits per heavy atom. The van der Waals surface area contributed by atoms with Crippen molar-refractivity contribution in [3.63, 3.8) is 0 Å². The van der Waals surface area contributed by atoms with E-state index in [0.717, 1.165) is 29.8 Å². The molecule has 2 fully saturated rings. The molecule has 1 nitrogen and oxygen atoms in total. The van der Waals surface area contributed by atoms with Gasteiger partial charge in [-0.1, -0.05) is 26.7 Å². The van der Waals surface area contributed by atoms with E-state index in [9.17, 15) is 0 Å².